The minimum absolute atomic E-state index is 0.101. The average molecular weight is 286 g/mol. The number of nitrogens with zero attached hydrogens (tertiary/aromatic N) is 1. The standard InChI is InChI=1S/C16H18N2O3/c1-13-8-9-14(18(19)20)12-16(13)17-10-5-11-21-15-6-3-2-4-7-15/h2-4,6-9,12,17H,5,10-11H2,1H3. The van der Waals surface area contributed by atoms with Gasteiger partial charge in [-0.1, -0.05) is 24.3 Å². The molecule has 0 aliphatic rings. The number of anilines is 1. The Hall–Kier alpha value is -2.56. The van der Waals surface area contributed by atoms with Crippen LogP contribution in [0.4, 0.5) is 11.4 Å². The molecule has 0 amide bonds. The molecule has 5 nitrogen and oxygen atoms in total. The predicted octanol–water partition coefficient (Wildman–Crippen LogP) is 3.78. The van der Waals surface area contributed by atoms with E-state index in [0.717, 1.165) is 23.4 Å². The predicted molar refractivity (Wildman–Crippen MR) is 82.9 cm³/mol. The molecule has 0 aromatic heterocycles. The molecule has 2 aromatic rings. The topological polar surface area (TPSA) is 64.4 Å². The van der Waals surface area contributed by atoms with Crippen molar-refractivity contribution in [3.05, 3.63) is 64.2 Å². The van der Waals surface area contributed by atoms with E-state index in [9.17, 15) is 10.1 Å². The molecule has 0 spiro atoms. The van der Waals surface area contributed by atoms with Crippen LogP contribution in [0.2, 0.25) is 0 Å². The third-order valence-corrected chi connectivity index (χ3v) is 3.08. The average Bonchev–Trinajstić information content (AvgIpc) is 2.49. The summed E-state index contributed by atoms with van der Waals surface area (Å²) in [6.07, 6.45) is 0.816. The van der Waals surface area contributed by atoms with E-state index in [1.807, 2.05) is 37.3 Å². The second-order valence-corrected chi connectivity index (χ2v) is 4.70. The van der Waals surface area contributed by atoms with Crippen LogP contribution in [-0.4, -0.2) is 18.1 Å². The Morgan fingerprint density at radius 1 is 1.19 bits per heavy atom. The van der Waals surface area contributed by atoms with Gasteiger partial charge in [-0.05, 0) is 31.0 Å². The number of non-ortho nitro benzene ring substituents is 1. The van der Waals surface area contributed by atoms with Gasteiger partial charge >= 0.3 is 0 Å². The number of ether oxygens (including phenoxy) is 1. The van der Waals surface area contributed by atoms with Crippen molar-refractivity contribution in [3.8, 4) is 5.75 Å². The molecule has 2 aromatic carbocycles. The zero-order valence-electron chi connectivity index (χ0n) is 11.9. The maximum absolute atomic E-state index is 10.8. The minimum atomic E-state index is -0.386. The van der Waals surface area contributed by atoms with E-state index in [0.29, 0.717) is 13.2 Å². The van der Waals surface area contributed by atoms with Crippen molar-refractivity contribution in [1.82, 2.24) is 0 Å². The van der Waals surface area contributed by atoms with Gasteiger partial charge in [-0.15, -0.1) is 0 Å². The van der Waals surface area contributed by atoms with Crippen LogP contribution in [-0.2, 0) is 0 Å². The molecule has 0 bridgehead atoms. The van der Waals surface area contributed by atoms with Crippen molar-refractivity contribution in [2.75, 3.05) is 18.5 Å². The first kappa shape index (κ1) is 14.8. The molecule has 0 radical (unpaired) electrons. The van der Waals surface area contributed by atoms with Gasteiger partial charge in [0.05, 0.1) is 11.5 Å². The first-order valence-corrected chi connectivity index (χ1v) is 6.83. The lowest BCUT2D eigenvalue weighted by atomic mass is 10.2. The molecule has 0 unspecified atom stereocenters. The summed E-state index contributed by atoms with van der Waals surface area (Å²) in [7, 11) is 0. The van der Waals surface area contributed by atoms with E-state index >= 15 is 0 Å². The molecule has 0 atom stereocenters. The summed E-state index contributed by atoms with van der Waals surface area (Å²) in [6.45, 7) is 3.23. The monoisotopic (exact) mass is 286 g/mol. The van der Waals surface area contributed by atoms with Crippen molar-refractivity contribution in [2.45, 2.75) is 13.3 Å². The summed E-state index contributed by atoms with van der Waals surface area (Å²) < 4.78 is 5.59. The van der Waals surface area contributed by atoms with Gasteiger partial charge in [0.1, 0.15) is 5.75 Å². The summed E-state index contributed by atoms with van der Waals surface area (Å²) in [4.78, 5) is 10.4. The summed E-state index contributed by atoms with van der Waals surface area (Å²) in [5.41, 5.74) is 1.89. The Morgan fingerprint density at radius 3 is 2.67 bits per heavy atom. The number of nitro groups is 1. The lowest BCUT2D eigenvalue weighted by Crippen LogP contribution is -2.08. The Labute approximate surface area is 123 Å². The molecule has 2 rings (SSSR count). The van der Waals surface area contributed by atoms with Gasteiger partial charge in [0.25, 0.3) is 5.69 Å². The molecular weight excluding hydrogens is 268 g/mol. The summed E-state index contributed by atoms with van der Waals surface area (Å²) in [6, 6.07) is 14.5. The maximum atomic E-state index is 10.8. The Balaban J connectivity index is 1.78. The van der Waals surface area contributed by atoms with Gasteiger partial charge in [-0.2, -0.15) is 0 Å². The van der Waals surface area contributed by atoms with E-state index in [1.54, 1.807) is 12.1 Å². The van der Waals surface area contributed by atoms with Crippen LogP contribution in [0, 0.1) is 17.0 Å². The fourth-order valence-electron chi connectivity index (χ4n) is 1.92. The van der Waals surface area contributed by atoms with Crippen LogP contribution in [0.25, 0.3) is 0 Å². The minimum Gasteiger partial charge on any atom is -0.494 e. The number of hydrogen-bond acceptors (Lipinski definition) is 4. The Morgan fingerprint density at radius 2 is 1.95 bits per heavy atom. The molecule has 5 heteroatoms. The molecule has 110 valence electrons. The van der Waals surface area contributed by atoms with Crippen LogP contribution in [0.5, 0.6) is 5.75 Å². The number of para-hydroxylation sites is 1. The van der Waals surface area contributed by atoms with Gasteiger partial charge in [-0.25, -0.2) is 0 Å². The molecule has 0 saturated heterocycles. The zero-order chi connectivity index (χ0) is 15.1. The van der Waals surface area contributed by atoms with Crippen molar-refractivity contribution >= 4 is 11.4 Å². The Kier molecular flexibility index (Phi) is 5.15. The van der Waals surface area contributed by atoms with Crippen molar-refractivity contribution in [2.24, 2.45) is 0 Å². The molecule has 0 aliphatic heterocycles. The van der Waals surface area contributed by atoms with Gasteiger partial charge in [-0.3, -0.25) is 10.1 Å². The maximum Gasteiger partial charge on any atom is 0.271 e. The highest BCUT2D eigenvalue weighted by Gasteiger charge is 2.07. The number of hydrogen-bond donors (Lipinski definition) is 1. The molecular formula is C16H18N2O3. The number of aryl methyl sites for hydroxylation is 1. The fraction of sp³-hybridized carbons (Fsp3) is 0.250. The van der Waals surface area contributed by atoms with Crippen LogP contribution >= 0.6 is 0 Å². The molecule has 0 saturated carbocycles. The van der Waals surface area contributed by atoms with E-state index in [2.05, 4.69) is 5.32 Å². The van der Waals surface area contributed by atoms with Crippen LogP contribution in [0.3, 0.4) is 0 Å². The van der Waals surface area contributed by atoms with Crippen LogP contribution in [0.15, 0.2) is 48.5 Å². The van der Waals surface area contributed by atoms with Crippen molar-refractivity contribution in [3.63, 3.8) is 0 Å². The zero-order valence-corrected chi connectivity index (χ0v) is 11.9. The van der Waals surface area contributed by atoms with E-state index in [4.69, 9.17) is 4.74 Å². The SMILES string of the molecule is Cc1ccc([N+](=O)[O-])cc1NCCCOc1ccccc1. The molecule has 0 heterocycles. The van der Waals surface area contributed by atoms with Gasteiger partial charge in [0.2, 0.25) is 0 Å². The number of nitrogens with one attached hydrogen (secondary N) is 1. The lowest BCUT2D eigenvalue weighted by molar-refractivity contribution is -0.384. The number of rotatable bonds is 7. The largest absolute Gasteiger partial charge is 0.494 e. The first-order valence-electron chi connectivity index (χ1n) is 6.83. The smallest absolute Gasteiger partial charge is 0.271 e. The molecule has 0 fully saturated rings. The first-order chi connectivity index (χ1) is 10.2. The fourth-order valence-corrected chi connectivity index (χ4v) is 1.92. The van der Waals surface area contributed by atoms with Gasteiger partial charge in [0.15, 0.2) is 0 Å². The second kappa shape index (κ2) is 7.28. The third kappa shape index (κ3) is 4.49. The molecule has 21 heavy (non-hydrogen) atoms. The molecule has 0 aliphatic carbocycles. The quantitative estimate of drug-likeness (QED) is 0.478. The molecule has 1 N–H and O–H groups in total. The highest BCUT2D eigenvalue weighted by atomic mass is 16.6. The van der Waals surface area contributed by atoms with Crippen LogP contribution < -0.4 is 10.1 Å². The Bertz CT molecular complexity index is 600. The second-order valence-electron chi connectivity index (χ2n) is 4.70. The third-order valence-electron chi connectivity index (χ3n) is 3.08. The highest BCUT2D eigenvalue weighted by molar-refractivity contribution is 5.56. The van der Waals surface area contributed by atoms with E-state index < -0.39 is 0 Å². The normalized spacial score (nSPS) is 10.1. The summed E-state index contributed by atoms with van der Waals surface area (Å²) >= 11 is 0. The number of nitro benzene ring substituents is 1. The highest BCUT2D eigenvalue weighted by Crippen LogP contribution is 2.21. The number of benzene rings is 2. The van der Waals surface area contributed by atoms with Gasteiger partial charge < -0.3 is 10.1 Å². The van der Waals surface area contributed by atoms with E-state index in [1.165, 1.54) is 6.07 Å². The van der Waals surface area contributed by atoms with Crippen molar-refractivity contribution < 1.29 is 9.66 Å². The lowest BCUT2D eigenvalue weighted by Gasteiger charge is -2.10. The summed E-state index contributed by atoms with van der Waals surface area (Å²) in [5, 5.41) is 14.0. The van der Waals surface area contributed by atoms with Crippen LogP contribution in [0.1, 0.15) is 12.0 Å². The van der Waals surface area contributed by atoms with Crippen molar-refractivity contribution in [1.29, 1.82) is 0 Å². The van der Waals surface area contributed by atoms with E-state index in [-0.39, 0.29) is 10.6 Å². The summed E-state index contributed by atoms with van der Waals surface area (Å²) in [5.74, 6) is 0.851. The van der Waals surface area contributed by atoms with Gasteiger partial charge in [0, 0.05) is 24.4 Å².